The van der Waals surface area contributed by atoms with Crippen LogP contribution >= 0.6 is 0 Å². The van der Waals surface area contributed by atoms with Gasteiger partial charge in [0, 0.05) is 36.5 Å². The van der Waals surface area contributed by atoms with Gasteiger partial charge in [-0.25, -0.2) is 19.3 Å². The van der Waals surface area contributed by atoms with Crippen LogP contribution in [0.2, 0.25) is 0 Å². The number of carboxylic acid groups (broad SMARTS) is 2. The van der Waals surface area contributed by atoms with Crippen molar-refractivity contribution in [2.24, 2.45) is 4.99 Å². The Hall–Kier alpha value is -3.69. The van der Waals surface area contributed by atoms with Crippen molar-refractivity contribution in [1.29, 1.82) is 0 Å². The number of aliphatic imine (C=N–C) groups is 1. The van der Waals surface area contributed by atoms with Gasteiger partial charge in [0.25, 0.3) is 0 Å². The molecular weight excluding hydrogens is 376 g/mol. The second kappa shape index (κ2) is 11.2. The van der Waals surface area contributed by atoms with E-state index >= 15 is 0 Å². The summed E-state index contributed by atoms with van der Waals surface area (Å²) in [4.78, 5) is 27.9. The maximum atomic E-state index is 9.55. The number of carboxylic acids is 2. The Morgan fingerprint density at radius 3 is 2.59 bits per heavy atom. The average Bonchev–Trinajstić information content (AvgIpc) is 3.38. The van der Waals surface area contributed by atoms with Gasteiger partial charge in [-0.3, -0.25) is 4.99 Å². The molecule has 154 valence electrons. The van der Waals surface area contributed by atoms with Crippen molar-refractivity contribution in [3.8, 4) is 11.4 Å². The summed E-state index contributed by atoms with van der Waals surface area (Å²) in [7, 11) is 0. The largest absolute Gasteiger partial charge is 0.478 e. The summed E-state index contributed by atoms with van der Waals surface area (Å²) >= 11 is 0. The zero-order valence-electron chi connectivity index (χ0n) is 16.1. The molecule has 0 unspecified atom stereocenters. The van der Waals surface area contributed by atoms with Gasteiger partial charge < -0.3 is 20.8 Å². The predicted molar refractivity (Wildman–Crippen MR) is 109 cm³/mol. The van der Waals surface area contributed by atoms with Crippen LogP contribution in [-0.4, -0.2) is 62.4 Å². The number of aliphatic carboxylic acids is 2. The first-order chi connectivity index (χ1) is 14.0. The number of benzene rings is 1. The maximum absolute atomic E-state index is 9.55. The highest BCUT2D eigenvalue weighted by atomic mass is 16.4. The quantitative estimate of drug-likeness (QED) is 0.488. The lowest BCUT2D eigenvalue weighted by molar-refractivity contribution is -0.134. The van der Waals surface area contributed by atoms with E-state index in [1.807, 2.05) is 16.8 Å². The summed E-state index contributed by atoms with van der Waals surface area (Å²) in [6, 6.07) is 8.19. The number of aromatic nitrogens is 3. The molecule has 4 N–H and O–H groups in total. The van der Waals surface area contributed by atoms with Crippen LogP contribution in [0.3, 0.4) is 0 Å². The van der Waals surface area contributed by atoms with Crippen LogP contribution in [0.25, 0.3) is 11.4 Å². The number of carbonyl (C=O) groups is 2. The zero-order valence-corrected chi connectivity index (χ0v) is 16.1. The molecule has 0 saturated heterocycles. The normalized spacial score (nSPS) is 12.7. The molecule has 0 saturated carbocycles. The van der Waals surface area contributed by atoms with Crippen molar-refractivity contribution < 1.29 is 19.8 Å². The van der Waals surface area contributed by atoms with Gasteiger partial charge in [0.05, 0.1) is 13.1 Å². The highest BCUT2D eigenvalue weighted by molar-refractivity contribution is 5.89. The first kappa shape index (κ1) is 21.6. The molecule has 1 aromatic carbocycles. The molecule has 1 aliphatic rings. The van der Waals surface area contributed by atoms with Crippen molar-refractivity contribution in [1.82, 2.24) is 20.1 Å². The highest BCUT2D eigenvalue weighted by Gasteiger charge is 2.12. The fourth-order valence-electron chi connectivity index (χ4n) is 2.57. The van der Waals surface area contributed by atoms with Crippen molar-refractivity contribution in [3.05, 3.63) is 42.7 Å². The number of anilines is 1. The topological polar surface area (TPSA) is 142 Å². The van der Waals surface area contributed by atoms with Crippen molar-refractivity contribution in [3.63, 3.8) is 0 Å². The van der Waals surface area contributed by atoms with E-state index in [4.69, 9.17) is 10.2 Å². The number of hydrogen-bond acceptors (Lipinski definition) is 7. The number of aryl methyl sites for hydroxylation is 1. The van der Waals surface area contributed by atoms with E-state index < -0.39 is 11.9 Å². The molecule has 0 amide bonds. The number of nitrogens with zero attached hydrogens (tertiary/aromatic N) is 4. The zero-order chi connectivity index (χ0) is 21.1. The second-order valence-electron chi connectivity index (χ2n) is 5.97. The molecule has 0 radical (unpaired) electrons. The number of hydrogen-bond donors (Lipinski definition) is 4. The molecule has 0 spiro atoms. The third kappa shape index (κ3) is 7.09. The van der Waals surface area contributed by atoms with Gasteiger partial charge in [-0.05, 0) is 18.6 Å². The summed E-state index contributed by atoms with van der Waals surface area (Å²) in [6.45, 7) is 5.52. The first-order valence-electron chi connectivity index (χ1n) is 9.13. The Morgan fingerprint density at radius 1 is 1.24 bits per heavy atom. The molecule has 29 heavy (non-hydrogen) atoms. The Labute approximate surface area is 168 Å². The lowest BCUT2D eigenvalue weighted by Crippen LogP contribution is -2.26. The van der Waals surface area contributed by atoms with E-state index in [1.54, 1.807) is 6.33 Å². The number of amidine groups is 1. The third-order valence-corrected chi connectivity index (χ3v) is 3.78. The van der Waals surface area contributed by atoms with Crippen molar-refractivity contribution >= 4 is 23.5 Å². The van der Waals surface area contributed by atoms with Gasteiger partial charge in [0.1, 0.15) is 12.2 Å². The standard InChI is InChI=1S/C15H20N6.C4H4O4/c1-2-9-21-15(19-11-20-21)12-5-3-4-6-13(12)18-10-14-16-7-8-17-14;5-3(6)1-2-4(7)8/h3-6,11,18H,2,7-10H2,1H3,(H,16,17);1-2H,(H,5,6)(H,7,8)/b;2-1+. The summed E-state index contributed by atoms with van der Waals surface area (Å²) in [5.74, 6) is -0.596. The maximum Gasteiger partial charge on any atom is 0.328 e. The molecule has 2 aromatic rings. The number of para-hydroxylation sites is 1. The summed E-state index contributed by atoms with van der Waals surface area (Å²) in [5, 5.41) is 26.6. The molecular formula is C19H24N6O4. The average molecular weight is 400 g/mol. The third-order valence-electron chi connectivity index (χ3n) is 3.78. The lowest BCUT2D eigenvalue weighted by atomic mass is 10.1. The molecule has 0 fully saturated rings. The molecule has 3 rings (SSSR count). The highest BCUT2D eigenvalue weighted by Crippen LogP contribution is 2.25. The SMILES string of the molecule is CCCn1ncnc1-c1ccccc1NCC1=NCCN1.O=C(O)/C=C/C(=O)O. The lowest BCUT2D eigenvalue weighted by Gasteiger charge is -2.12. The van der Waals surface area contributed by atoms with E-state index in [0.717, 1.165) is 49.0 Å². The van der Waals surface area contributed by atoms with Gasteiger partial charge in [-0.15, -0.1) is 0 Å². The van der Waals surface area contributed by atoms with Gasteiger partial charge in [-0.2, -0.15) is 5.10 Å². The predicted octanol–water partition coefficient (Wildman–Crippen LogP) is 1.48. The number of rotatable bonds is 8. The summed E-state index contributed by atoms with van der Waals surface area (Å²) in [5.41, 5.74) is 2.13. The Morgan fingerprint density at radius 2 is 1.97 bits per heavy atom. The minimum absolute atomic E-state index is 0.558. The van der Waals surface area contributed by atoms with Crippen LogP contribution in [0.1, 0.15) is 13.3 Å². The Bertz CT molecular complexity index is 874. The molecule has 0 atom stereocenters. The molecule has 1 aliphatic heterocycles. The smallest absolute Gasteiger partial charge is 0.328 e. The van der Waals surface area contributed by atoms with Crippen molar-refractivity contribution in [2.75, 3.05) is 25.0 Å². The van der Waals surface area contributed by atoms with Crippen LogP contribution in [0.15, 0.2) is 47.7 Å². The Balaban J connectivity index is 0.000000321. The molecule has 0 bridgehead atoms. The minimum atomic E-state index is -1.26. The molecule has 2 heterocycles. The minimum Gasteiger partial charge on any atom is -0.478 e. The second-order valence-corrected chi connectivity index (χ2v) is 5.97. The van der Waals surface area contributed by atoms with E-state index in [1.165, 1.54) is 0 Å². The molecule has 0 aliphatic carbocycles. The van der Waals surface area contributed by atoms with E-state index in [-0.39, 0.29) is 0 Å². The molecule has 10 heteroatoms. The van der Waals surface area contributed by atoms with Crippen LogP contribution in [-0.2, 0) is 16.1 Å². The van der Waals surface area contributed by atoms with E-state index in [2.05, 4.69) is 44.8 Å². The van der Waals surface area contributed by atoms with Crippen LogP contribution in [0.4, 0.5) is 5.69 Å². The van der Waals surface area contributed by atoms with Gasteiger partial charge in [0.15, 0.2) is 5.82 Å². The van der Waals surface area contributed by atoms with Crippen LogP contribution in [0, 0.1) is 0 Å². The monoisotopic (exact) mass is 400 g/mol. The molecule has 1 aromatic heterocycles. The first-order valence-corrected chi connectivity index (χ1v) is 9.13. The fraction of sp³-hybridized carbons (Fsp3) is 0.316. The number of nitrogens with one attached hydrogen (secondary N) is 2. The summed E-state index contributed by atoms with van der Waals surface area (Å²) in [6.07, 6.45) is 3.77. The van der Waals surface area contributed by atoms with Gasteiger partial charge in [-0.1, -0.05) is 19.1 Å². The van der Waals surface area contributed by atoms with Crippen LogP contribution in [0.5, 0.6) is 0 Å². The van der Waals surface area contributed by atoms with E-state index in [9.17, 15) is 9.59 Å². The summed E-state index contributed by atoms with van der Waals surface area (Å²) < 4.78 is 1.95. The molecule has 10 nitrogen and oxygen atoms in total. The van der Waals surface area contributed by atoms with Crippen molar-refractivity contribution in [2.45, 2.75) is 19.9 Å². The van der Waals surface area contributed by atoms with Gasteiger partial charge >= 0.3 is 11.9 Å². The van der Waals surface area contributed by atoms with Crippen LogP contribution < -0.4 is 10.6 Å². The van der Waals surface area contributed by atoms with Gasteiger partial charge in [0.2, 0.25) is 0 Å². The van der Waals surface area contributed by atoms with E-state index in [0.29, 0.717) is 18.7 Å². The Kier molecular flexibility index (Phi) is 8.36. The fourth-order valence-corrected chi connectivity index (χ4v) is 2.57.